The highest BCUT2D eigenvalue weighted by Crippen LogP contribution is 2.17. The summed E-state index contributed by atoms with van der Waals surface area (Å²) in [5.74, 6) is -0.231. The first kappa shape index (κ1) is 12.1. The maximum Gasteiger partial charge on any atom is 0.426 e. The van der Waals surface area contributed by atoms with Gasteiger partial charge in [0.2, 0.25) is 0 Å². The zero-order chi connectivity index (χ0) is 13.1. The third-order valence-electron chi connectivity index (χ3n) is 2.72. The van der Waals surface area contributed by atoms with Gasteiger partial charge in [-0.2, -0.15) is 0 Å². The normalized spacial score (nSPS) is 10.3. The lowest BCUT2D eigenvalue weighted by atomic mass is 10.1. The van der Waals surface area contributed by atoms with Crippen LogP contribution >= 0.6 is 0 Å². The van der Waals surface area contributed by atoms with Crippen LogP contribution in [0.2, 0.25) is 0 Å². The number of hydrogen-bond acceptors (Lipinski definition) is 3. The topological polar surface area (TPSA) is 79.0 Å². The van der Waals surface area contributed by atoms with Gasteiger partial charge in [-0.05, 0) is 36.3 Å². The molecule has 0 unspecified atom stereocenters. The first-order valence-corrected chi connectivity index (χ1v) is 5.50. The van der Waals surface area contributed by atoms with Crippen LogP contribution in [0, 0.1) is 13.8 Å². The van der Waals surface area contributed by atoms with E-state index in [1.54, 1.807) is 0 Å². The fourth-order valence-corrected chi connectivity index (χ4v) is 1.59. The van der Waals surface area contributed by atoms with E-state index in [2.05, 4.69) is 15.1 Å². The van der Waals surface area contributed by atoms with Crippen molar-refractivity contribution in [2.45, 2.75) is 20.4 Å². The summed E-state index contributed by atoms with van der Waals surface area (Å²) in [5, 5.41) is 5.10. The summed E-state index contributed by atoms with van der Waals surface area (Å²) in [6, 6.07) is 5.70. The first-order valence-electron chi connectivity index (χ1n) is 5.50. The zero-order valence-corrected chi connectivity index (χ0v) is 10.2. The minimum atomic E-state index is -0.519. The number of aromatic nitrogens is 2. The van der Waals surface area contributed by atoms with E-state index in [9.17, 15) is 9.59 Å². The average molecular weight is 248 g/mol. The quantitative estimate of drug-likeness (QED) is 0.777. The minimum absolute atomic E-state index is 0.000871. The number of hydrogen-bond donors (Lipinski definition) is 2. The number of amides is 1. The van der Waals surface area contributed by atoms with Crippen molar-refractivity contribution in [1.29, 1.82) is 0 Å². The summed E-state index contributed by atoms with van der Waals surface area (Å²) >= 11 is 0. The van der Waals surface area contributed by atoms with E-state index in [4.69, 9.17) is 0 Å². The average Bonchev–Trinajstić information content (AvgIpc) is 2.70. The molecule has 0 aliphatic rings. The summed E-state index contributed by atoms with van der Waals surface area (Å²) in [6.45, 7) is 3.92. The van der Waals surface area contributed by atoms with E-state index in [0.717, 1.165) is 16.8 Å². The van der Waals surface area contributed by atoms with Crippen LogP contribution in [0.5, 0.6) is 0 Å². The van der Waals surface area contributed by atoms with E-state index in [0.29, 0.717) is 0 Å². The van der Waals surface area contributed by atoms with Crippen molar-refractivity contribution < 1.29 is 14.0 Å². The summed E-state index contributed by atoms with van der Waals surface area (Å²) in [6.07, 6.45) is 1.18. The Morgan fingerprint density at radius 3 is 2.89 bits per heavy atom. The number of H-pyrrole nitrogens is 1. The monoisotopic (exact) mass is 248 g/mol. The second-order valence-corrected chi connectivity index (χ2v) is 4.07. The number of aromatic amines is 1. The Kier molecular flexibility index (Phi) is 3.27. The van der Waals surface area contributed by atoms with Crippen LogP contribution in [-0.4, -0.2) is 11.2 Å². The third kappa shape index (κ3) is 2.65. The second-order valence-electron chi connectivity index (χ2n) is 4.07. The number of anilines is 1. The van der Waals surface area contributed by atoms with Crippen molar-refractivity contribution in [3.63, 3.8) is 0 Å². The Morgan fingerprint density at radius 2 is 2.22 bits per heavy atom. The maximum atomic E-state index is 11.8. The molecular formula is C12H14N3O3+. The SMILES string of the molecule is Cc1cccc(NC(=O)C[n+]2cc(=O)o[nH]2)c1C. The standard InChI is InChI=1S/C12H13N3O3/c1-8-4-3-5-10(9(8)2)13-11(16)6-15-7-12(17)18-14-15/h3-5,7H,6H2,1-2H3,(H-,13,14,16,17)/p+1. The van der Waals surface area contributed by atoms with Gasteiger partial charge in [0, 0.05) is 5.69 Å². The van der Waals surface area contributed by atoms with Crippen LogP contribution in [0.15, 0.2) is 33.7 Å². The van der Waals surface area contributed by atoms with Crippen molar-refractivity contribution in [2.24, 2.45) is 0 Å². The summed E-state index contributed by atoms with van der Waals surface area (Å²) in [4.78, 5) is 22.5. The molecule has 0 aliphatic heterocycles. The molecule has 2 aromatic rings. The van der Waals surface area contributed by atoms with Gasteiger partial charge in [0.1, 0.15) is 0 Å². The van der Waals surface area contributed by atoms with Gasteiger partial charge in [-0.25, -0.2) is 4.79 Å². The van der Waals surface area contributed by atoms with Gasteiger partial charge in [-0.3, -0.25) is 9.32 Å². The summed E-state index contributed by atoms with van der Waals surface area (Å²) in [5.41, 5.74) is 2.38. The second kappa shape index (κ2) is 4.87. The molecule has 0 fully saturated rings. The Labute approximate surface area is 103 Å². The number of benzene rings is 1. The molecular weight excluding hydrogens is 234 g/mol. The molecule has 1 aromatic carbocycles. The van der Waals surface area contributed by atoms with Crippen LogP contribution in [0.4, 0.5) is 5.69 Å². The molecule has 94 valence electrons. The molecule has 6 heteroatoms. The maximum absolute atomic E-state index is 11.8. The molecule has 2 rings (SSSR count). The predicted octanol–water partition coefficient (Wildman–Crippen LogP) is 0.511. The Hall–Kier alpha value is -2.37. The Balaban J connectivity index is 2.07. The number of aryl methyl sites for hydroxylation is 1. The molecule has 0 atom stereocenters. The summed E-state index contributed by atoms with van der Waals surface area (Å²) in [7, 11) is 0. The highest BCUT2D eigenvalue weighted by atomic mass is 16.5. The van der Waals surface area contributed by atoms with Crippen LogP contribution in [0.3, 0.4) is 0 Å². The van der Waals surface area contributed by atoms with Crippen molar-refractivity contribution in [1.82, 2.24) is 5.27 Å². The molecule has 2 N–H and O–H groups in total. The fourth-order valence-electron chi connectivity index (χ4n) is 1.59. The number of carbonyl (C=O) groups excluding carboxylic acids is 1. The molecule has 0 saturated carbocycles. The van der Waals surface area contributed by atoms with Crippen molar-refractivity contribution in [3.8, 4) is 0 Å². The van der Waals surface area contributed by atoms with Gasteiger partial charge in [-0.1, -0.05) is 16.8 Å². The number of carbonyl (C=O) groups is 1. The van der Waals surface area contributed by atoms with Crippen LogP contribution in [0.25, 0.3) is 0 Å². The molecule has 0 saturated heterocycles. The molecule has 1 heterocycles. The van der Waals surface area contributed by atoms with Crippen molar-refractivity contribution >= 4 is 11.6 Å². The Morgan fingerprint density at radius 1 is 1.44 bits per heavy atom. The number of nitrogens with zero attached hydrogens (tertiary/aromatic N) is 1. The molecule has 6 nitrogen and oxygen atoms in total. The van der Waals surface area contributed by atoms with Gasteiger partial charge in [0.25, 0.3) is 18.6 Å². The zero-order valence-electron chi connectivity index (χ0n) is 10.2. The molecule has 1 amide bonds. The smallest absolute Gasteiger partial charge is 0.320 e. The summed E-state index contributed by atoms with van der Waals surface area (Å²) < 4.78 is 5.74. The predicted molar refractivity (Wildman–Crippen MR) is 64.1 cm³/mol. The van der Waals surface area contributed by atoms with E-state index in [-0.39, 0.29) is 12.5 Å². The van der Waals surface area contributed by atoms with Gasteiger partial charge < -0.3 is 5.32 Å². The van der Waals surface area contributed by atoms with Gasteiger partial charge in [0.15, 0.2) is 0 Å². The number of rotatable bonds is 3. The van der Waals surface area contributed by atoms with Gasteiger partial charge in [0.05, 0.1) is 0 Å². The molecule has 18 heavy (non-hydrogen) atoms. The van der Waals surface area contributed by atoms with Gasteiger partial charge >= 0.3 is 5.63 Å². The lowest BCUT2D eigenvalue weighted by Crippen LogP contribution is -2.41. The van der Waals surface area contributed by atoms with Crippen LogP contribution in [0.1, 0.15) is 11.1 Å². The van der Waals surface area contributed by atoms with E-state index in [1.807, 2.05) is 32.0 Å². The lowest BCUT2D eigenvalue weighted by molar-refractivity contribution is -0.750. The van der Waals surface area contributed by atoms with E-state index < -0.39 is 5.63 Å². The minimum Gasteiger partial charge on any atom is -0.320 e. The molecule has 0 bridgehead atoms. The van der Waals surface area contributed by atoms with E-state index in [1.165, 1.54) is 10.9 Å². The molecule has 0 aliphatic carbocycles. The van der Waals surface area contributed by atoms with Crippen molar-refractivity contribution in [2.75, 3.05) is 5.32 Å². The first-order chi connectivity index (χ1) is 8.56. The van der Waals surface area contributed by atoms with Crippen LogP contribution in [-0.2, 0) is 11.3 Å². The molecule has 0 spiro atoms. The van der Waals surface area contributed by atoms with Crippen LogP contribution < -0.4 is 15.6 Å². The van der Waals surface area contributed by atoms with Crippen molar-refractivity contribution in [3.05, 3.63) is 45.9 Å². The number of nitrogens with one attached hydrogen (secondary N) is 2. The third-order valence-corrected chi connectivity index (χ3v) is 2.72. The van der Waals surface area contributed by atoms with Gasteiger partial charge in [-0.15, -0.1) is 0 Å². The fraction of sp³-hybridized carbons (Fsp3) is 0.250. The largest absolute Gasteiger partial charge is 0.426 e. The lowest BCUT2D eigenvalue weighted by Gasteiger charge is -2.08. The Bertz CT molecular complexity index is 627. The highest BCUT2D eigenvalue weighted by molar-refractivity contribution is 5.90. The highest BCUT2D eigenvalue weighted by Gasteiger charge is 2.13. The molecule has 0 radical (unpaired) electrons. The van der Waals surface area contributed by atoms with E-state index >= 15 is 0 Å². The molecule has 1 aromatic heterocycles.